The molecule has 0 amide bonds. The summed E-state index contributed by atoms with van der Waals surface area (Å²) in [4.78, 5) is 15.2. The van der Waals surface area contributed by atoms with Gasteiger partial charge in [0.1, 0.15) is 22.9 Å². The first-order chi connectivity index (χ1) is 8.60. The molecule has 0 aromatic carbocycles. The number of thioether (sulfide) groups is 1. The molecule has 0 spiro atoms. The van der Waals surface area contributed by atoms with E-state index in [9.17, 15) is 4.79 Å². The lowest BCUT2D eigenvalue weighted by Crippen LogP contribution is -1.94. The topological polar surface area (TPSA) is 76.2 Å². The molecule has 2 aromatic heterocycles. The Morgan fingerprint density at radius 2 is 2.39 bits per heavy atom. The predicted octanol–water partition coefficient (Wildman–Crippen LogP) is 2.99. The maximum atomic E-state index is 10.9. The molecule has 0 fully saturated rings. The van der Waals surface area contributed by atoms with Gasteiger partial charge in [0.2, 0.25) is 0 Å². The van der Waals surface area contributed by atoms with E-state index in [0.717, 1.165) is 16.6 Å². The Morgan fingerprint density at radius 1 is 1.61 bits per heavy atom. The van der Waals surface area contributed by atoms with Gasteiger partial charge in [-0.1, -0.05) is 18.7 Å². The summed E-state index contributed by atoms with van der Waals surface area (Å²) >= 11 is 2.86. The third-order valence-corrected chi connectivity index (χ3v) is 4.20. The highest BCUT2D eigenvalue weighted by Gasteiger charge is 2.14. The molecule has 0 radical (unpaired) electrons. The van der Waals surface area contributed by atoms with Crippen LogP contribution in [0.25, 0.3) is 0 Å². The highest BCUT2D eigenvalue weighted by molar-refractivity contribution is 8.00. The summed E-state index contributed by atoms with van der Waals surface area (Å²) in [5.74, 6) is 1.51. The summed E-state index contributed by atoms with van der Waals surface area (Å²) in [5, 5.41) is 8.91. The van der Waals surface area contributed by atoms with Crippen LogP contribution in [0.1, 0.15) is 34.6 Å². The van der Waals surface area contributed by atoms with Crippen molar-refractivity contribution in [3.8, 4) is 0 Å². The van der Waals surface area contributed by atoms with Crippen molar-refractivity contribution in [2.75, 3.05) is 0 Å². The zero-order valence-electron chi connectivity index (χ0n) is 9.97. The maximum Gasteiger partial charge on any atom is 0.339 e. The monoisotopic (exact) mass is 284 g/mol. The van der Waals surface area contributed by atoms with Gasteiger partial charge in [0.25, 0.3) is 0 Å². The van der Waals surface area contributed by atoms with Crippen molar-refractivity contribution in [1.29, 1.82) is 0 Å². The highest BCUT2D eigenvalue weighted by atomic mass is 32.2. The SMILES string of the molecule is CCc1nsc(SCc2cc(C(=O)O)c(C)o2)n1. The van der Waals surface area contributed by atoms with Gasteiger partial charge in [0.05, 0.1) is 5.75 Å². The minimum Gasteiger partial charge on any atom is -0.478 e. The van der Waals surface area contributed by atoms with E-state index in [4.69, 9.17) is 9.52 Å². The van der Waals surface area contributed by atoms with E-state index < -0.39 is 5.97 Å². The number of carboxylic acids is 1. The number of carbonyl (C=O) groups is 1. The van der Waals surface area contributed by atoms with Crippen LogP contribution in [0.2, 0.25) is 0 Å². The normalized spacial score (nSPS) is 10.8. The van der Waals surface area contributed by atoms with Crippen molar-refractivity contribution in [3.63, 3.8) is 0 Å². The maximum absolute atomic E-state index is 10.9. The molecule has 0 saturated carbocycles. The third kappa shape index (κ3) is 2.91. The molecule has 0 atom stereocenters. The van der Waals surface area contributed by atoms with Gasteiger partial charge < -0.3 is 9.52 Å². The molecule has 0 aliphatic rings. The molecule has 18 heavy (non-hydrogen) atoms. The summed E-state index contributed by atoms with van der Waals surface area (Å²) in [5.41, 5.74) is 0.220. The molecule has 0 aliphatic heterocycles. The smallest absolute Gasteiger partial charge is 0.339 e. The molecule has 0 saturated heterocycles. The molecule has 2 rings (SSSR count). The van der Waals surface area contributed by atoms with Crippen LogP contribution < -0.4 is 0 Å². The minimum absolute atomic E-state index is 0.220. The Hall–Kier alpha value is -1.34. The van der Waals surface area contributed by atoms with Crippen LogP contribution in [-0.2, 0) is 12.2 Å². The lowest BCUT2D eigenvalue weighted by molar-refractivity contribution is 0.0695. The molecular formula is C11H12N2O3S2. The van der Waals surface area contributed by atoms with Crippen LogP contribution in [-0.4, -0.2) is 20.4 Å². The molecule has 1 N–H and O–H groups in total. The Morgan fingerprint density at radius 3 is 2.94 bits per heavy atom. The van der Waals surface area contributed by atoms with Gasteiger partial charge in [-0.15, -0.1) is 0 Å². The van der Waals surface area contributed by atoms with Crippen LogP contribution in [0.3, 0.4) is 0 Å². The van der Waals surface area contributed by atoms with Gasteiger partial charge in [-0.25, -0.2) is 9.78 Å². The van der Waals surface area contributed by atoms with Crippen LogP contribution in [0.15, 0.2) is 14.8 Å². The van der Waals surface area contributed by atoms with E-state index in [1.54, 1.807) is 13.0 Å². The summed E-state index contributed by atoms with van der Waals surface area (Å²) in [6.07, 6.45) is 0.820. The first-order valence-electron chi connectivity index (χ1n) is 5.38. The number of rotatable bonds is 5. The van der Waals surface area contributed by atoms with Gasteiger partial charge in [0, 0.05) is 6.42 Å². The second-order valence-corrected chi connectivity index (χ2v) is 5.58. The average molecular weight is 284 g/mol. The van der Waals surface area contributed by atoms with Crippen molar-refractivity contribution in [1.82, 2.24) is 9.36 Å². The van der Waals surface area contributed by atoms with E-state index in [1.807, 2.05) is 6.92 Å². The van der Waals surface area contributed by atoms with Crippen molar-refractivity contribution in [3.05, 3.63) is 29.0 Å². The Bertz CT molecular complexity index is 562. The van der Waals surface area contributed by atoms with Crippen molar-refractivity contribution >= 4 is 29.3 Å². The fourth-order valence-electron chi connectivity index (χ4n) is 1.40. The predicted molar refractivity (Wildman–Crippen MR) is 69.3 cm³/mol. The highest BCUT2D eigenvalue weighted by Crippen LogP contribution is 2.26. The summed E-state index contributed by atoms with van der Waals surface area (Å²) < 4.78 is 10.4. The van der Waals surface area contributed by atoms with Gasteiger partial charge in [0.15, 0.2) is 4.34 Å². The Labute approximate surface area is 112 Å². The number of nitrogens with zero attached hydrogens (tertiary/aromatic N) is 2. The largest absolute Gasteiger partial charge is 0.478 e. The molecule has 0 bridgehead atoms. The second kappa shape index (κ2) is 5.53. The standard InChI is InChI=1S/C11H12N2O3S2/c1-3-9-12-11(18-13-9)17-5-7-4-8(10(14)15)6(2)16-7/h4H,3,5H2,1-2H3,(H,14,15). The number of aromatic carboxylic acids is 1. The van der Waals surface area contributed by atoms with Crippen LogP contribution in [0, 0.1) is 6.92 Å². The molecule has 96 valence electrons. The molecule has 0 aliphatic carbocycles. The fraction of sp³-hybridized carbons (Fsp3) is 0.364. The fourth-order valence-corrected chi connectivity index (χ4v) is 2.98. The van der Waals surface area contributed by atoms with Crippen molar-refractivity contribution in [2.24, 2.45) is 0 Å². The van der Waals surface area contributed by atoms with Crippen LogP contribution >= 0.6 is 23.3 Å². The van der Waals surface area contributed by atoms with Gasteiger partial charge in [-0.2, -0.15) is 4.37 Å². The van der Waals surface area contributed by atoms with Gasteiger partial charge >= 0.3 is 5.97 Å². The average Bonchev–Trinajstić information content (AvgIpc) is 2.92. The summed E-state index contributed by atoms with van der Waals surface area (Å²) in [6, 6.07) is 1.56. The number of furan rings is 1. The lowest BCUT2D eigenvalue weighted by Gasteiger charge is -1.92. The molecule has 2 heterocycles. The van der Waals surface area contributed by atoms with Crippen LogP contribution in [0.4, 0.5) is 0 Å². The van der Waals surface area contributed by atoms with E-state index >= 15 is 0 Å². The Kier molecular flexibility index (Phi) is 4.03. The molecule has 5 nitrogen and oxygen atoms in total. The van der Waals surface area contributed by atoms with E-state index in [0.29, 0.717) is 17.3 Å². The number of aromatic nitrogens is 2. The summed E-state index contributed by atoms with van der Waals surface area (Å²) in [7, 11) is 0. The Balaban J connectivity index is 2.01. The number of hydrogen-bond acceptors (Lipinski definition) is 6. The zero-order valence-corrected chi connectivity index (χ0v) is 11.6. The lowest BCUT2D eigenvalue weighted by atomic mass is 10.2. The quantitative estimate of drug-likeness (QED) is 0.851. The minimum atomic E-state index is -0.961. The zero-order chi connectivity index (χ0) is 13.1. The first kappa shape index (κ1) is 13.1. The van der Waals surface area contributed by atoms with E-state index in [1.165, 1.54) is 23.3 Å². The number of aryl methyl sites for hydroxylation is 2. The third-order valence-electron chi connectivity index (χ3n) is 2.30. The molecule has 2 aromatic rings. The van der Waals surface area contributed by atoms with Gasteiger partial charge in [-0.3, -0.25) is 0 Å². The molecule has 0 unspecified atom stereocenters. The molecular weight excluding hydrogens is 272 g/mol. The van der Waals surface area contributed by atoms with Crippen molar-refractivity contribution < 1.29 is 14.3 Å². The molecule has 7 heteroatoms. The second-order valence-electron chi connectivity index (χ2n) is 3.61. The number of carboxylic acid groups (broad SMARTS) is 1. The number of hydrogen-bond donors (Lipinski definition) is 1. The van der Waals surface area contributed by atoms with Gasteiger partial charge in [-0.05, 0) is 24.5 Å². The van der Waals surface area contributed by atoms with Crippen LogP contribution in [0.5, 0.6) is 0 Å². The van der Waals surface area contributed by atoms with E-state index in [2.05, 4.69) is 9.36 Å². The summed E-state index contributed by atoms with van der Waals surface area (Å²) in [6.45, 7) is 3.66. The van der Waals surface area contributed by atoms with Crippen molar-refractivity contribution in [2.45, 2.75) is 30.4 Å². The van der Waals surface area contributed by atoms with E-state index in [-0.39, 0.29) is 5.56 Å². The first-order valence-corrected chi connectivity index (χ1v) is 7.14.